The molecule has 1 N–H and O–H groups in total. The van der Waals surface area contributed by atoms with E-state index < -0.39 is 0 Å². The number of nitrogens with one attached hydrogen (secondary N) is 1. The third-order valence-electron chi connectivity index (χ3n) is 3.92. The molecule has 1 aromatic heterocycles. The molecule has 0 unspecified atom stereocenters. The Morgan fingerprint density at radius 2 is 1.85 bits per heavy atom. The molecule has 0 saturated heterocycles. The lowest BCUT2D eigenvalue weighted by Crippen LogP contribution is -2.07. The number of rotatable bonds is 3. The quantitative estimate of drug-likeness (QED) is 0.780. The van der Waals surface area contributed by atoms with Gasteiger partial charge in [0.15, 0.2) is 0 Å². The highest BCUT2D eigenvalue weighted by Gasteiger charge is 2.07. The number of hydrogen-bond acceptors (Lipinski definition) is 2. The number of anilines is 1. The van der Waals surface area contributed by atoms with Crippen LogP contribution >= 0.6 is 0 Å². The molecule has 0 fully saturated rings. The first-order valence-electron chi connectivity index (χ1n) is 6.87. The summed E-state index contributed by atoms with van der Waals surface area (Å²) < 4.78 is 2.15. The number of hydrogen-bond donors (Lipinski definition) is 1. The van der Waals surface area contributed by atoms with Gasteiger partial charge in [0.2, 0.25) is 0 Å². The number of imidazole rings is 1. The van der Waals surface area contributed by atoms with Crippen LogP contribution in [0, 0.1) is 13.8 Å². The summed E-state index contributed by atoms with van der Waals surface area (Å²) in [6.45, 7) is 5.01. The monoisotopic (exact) mass is 265 g/mol. The third-order valence-corrected chi connectivity index (χ3v) is 3.92. The second kappa shape index (κ2) is 5.00. The fourth-order valence-electron chi connectivity index (χ4n) is 2.47. The van der Waals surface area contributed by atoms with Crippen LogP contribution in [0.15, 0.2) is 42.5 Å². The first-order chi connectivity index (χ1) is 9.66. The van der Waals surface area contributed by atoms with Crippen LogP contribution in [0.5, 0.6) is 0 Å². The topological polar surface area (TPSA) is 29.9 Å². The van der Waals surface area contributed by atoms with Crippen LogP contribution in [0.4, 0.5) is 5.69 Å². The van der Waals surface area contributed by atoms with Crippen molar-refractivity contribution in [2.75, 3.05) is 5.32 Å². The first kappa shape index (κ1) is 12.7. The summed E-state index contributed by atoms with van der Waals surface area (Å²) in [6.07, 6.45) is 0. The van der Waals surface area contributed by atoms with Crippen LogP contribution in [0.2, 0.25) is 0 Å². The Kier molecular flexibility index (Phi) is 3.18. The lowest BCUT2D eigenvalue weighted by Gasteiger charge is -2.11. The van der Waals surface area contributed by atoms with E-state index in [0.717, 1.165) is 17.9 Å². The van der Waals surface area contributed by atoms with E-state index in [1.807, 2.05) is 12.1 Å². The highest BCUT2D eigenvalue weighted by molar-refractivity contribution is 5.75. The van der Waals surface area contributed by atoms with E-state index in [1.54, 1.807) is 0 Å². The van der Waals surface area contributed by atoms with Crippen molar-refractivity contribution in [3.63, 3.8) is 0 Å². The third kappa shape index (κ3) is 2.16. The van der Waals surface area contributed by atoms with Crippen LogP contribution in [0.1, 0.15) is 17.0 Å². The van der Waals surface area contributed by atoms with Gasteiger partial charge in [0.1, 0.15) is 5.82 Å². The van der Waals surface area contributed by atoms with Gasteiger partial charge in [-0.3, -0.25) is 0 Å². The van der Waals surface area contributed by atoms with Crippen molar-refractivity contribution >= 4 is 16.7 Å². The number of fused-ring (bicyclic) bond motifs is 1. The molecule has 3 aromatic rings. The maximum atomic E-state index is 4.68. The van der Waals surface area contributed by atoms with Crippen LogP contribution in [0.3, 0.4) is 0 Å². The fourth-order valence-corrected chi connectivity index (χ4v) is 2.47. The number of aromatic nitrogens is 2. The molecule has 2 aromatic carbocycles. The van der Waals surface area contributed by atoms with Gasteiger partial charge in [-0.2, -0.15) is 0 Å². The van der Waals surface area contributed by atoms with Crippen LogP contribution in [-0.2, 0) is 13.6 Å². The maximum absolute atomic E-state index is 4.68. The van der Waals surface area contributed by atoms with Crippen molar-refractivity contribution in [3.05, 3.63) is 59.4 Å². The van der Waals surface area contributed by atoms with Gasteiger partial charge in [-0.05, 0) is 43.2 Å². The molecule has 0 amide bonds. The standard InChI is InChI=1S/C17H19N3/c1-12-7-6-9-14(13(12)2)18-11-17-19-15-8-4-5-10-16(15)20(17)3/h4-10,18H,11H2,1-3H3. The Morgan fingerprint density at radius 3 is 2.65 bits per heavy atom. The Bertz CT molecular complexity index is 756. The zero-order chi connectivity index (χ0) is 14.1. The summed E-state index contributed by atoms with van der Waals surface area (Å²) in [7, 11) is 2.06. The van der Waals surface area contributed by atoms with Crippen molar-refractivity contribution in [1.82, 2.24) is 9.55 Å². The molecular weight excluding hydrogens is 246 g/mol. The van der Waals surface area contributed by atoms with E-state index in [1.165, 1.54) is 22.3 Å². The van der Waals surface area contributed by atoms with E-state index in [9.17, 15) is 0 Å². The number of para-hydroxylation sites is 2. The average Bonchev–Trinajstić information content (AvgIpc) is 2.78. The second-order valence-electron chi connectivity index (χ2n) is 5.18. The summed E-state index contributed by atoms with van der Waals surface area (Å²) in [5.41, 5.74) is 6.00. The summed E-state index contributed by atoms with van der Waals surface area (Å²) >= 11 is 0. The predicted molar refractivity (Wildman–Crippen MR) is 84.0 cm³/mol. The molecular formula is C17H19N3. The molecule has 0 saturated carbocycles. The summed E-state index contributed by atoms with van der Waals surface area (Å²) in [5.74, 6) is 1.05. The van der Waals surface area contributed by atoms with E-state index in [4.69, 9.17) is 0 Å². The molecule has 0 spiro atoms. The van der Waals surface area contributed by atoms with E-state index >= 15 is 0 Å². The summed E-state index contributed by atoms with van der Waals surface area (Å²) in [6, 6.07) is 14.6. The van der Waals surface area contributed by atoms with Gasteiger partial charge < -0.3 is 9.88 Å². The highest BCUT2D eigenvalue weighted by Crippen LogP contribution is 2.20. The number of nitrogens with zero attached hydrogens (tertiary/aromatic N) is 2. The van der Waals surface area contributed by atoms with Crippen molar-refractivity contribution < 1.29 is 0 Å². The van der Waals surface area contributed by atoms with Gasteiger partial charge in [0, 0.05) is 12.7 Å². The van der Waals surface area contributed by atoms with Crippen LogP contribution in [-0.4, -0.2) is 9.55 Å². The molecule has 0 atom stereocenters. The molecule has 0 radical (unpaired) electrons. The molecule has 0 aliphatic carbocycles. The Labute approximate surface area is 119 Å². The van der Waals surface area contributed by atoms with Crippen molar-refractivity contribution in [2.24, 2.45) is 7.05 Å². The molecule has 0 bridgehead atoms. The minimum Gasteiger partial charge on any atom is -0.378 e. The summed E-state index contributed by atoms with van der Waals surface area (Å²) in [4.78, 5) is 4.68. The van der Waals surface area contributed by atoms with E-state index in [-0.39, 0.29) is 0 Å². The van der Waals surface area contributed by atoms with Gasteiger partial charge in [-0.15, -0.1) is 0 Å². The van der Waals surface area contributed by atoms with Crippen molar-refractivity contribution in [3.8, 4) is 0 Å². The molecule has 0 aliphatic rings. The molecule has 3 heteroatoms. The molecule has 3 rings (SSSR count). The van der Waals surface area contributed by atoms with Gasteiger partial charge >= 0.3 is 0 Å². The zero-order valence-corrected chi connectivity index (χ0v) is 12.1. The van der Waals surface area contributed by atoms with Crippen LogP contribution < -0.4 is 5.32 Å². The fraction of sp³-hybridized carbons (Fsp3) is 0.235. The highest BCUT2D eigenvalue weighted by atomic mass is 15.1. The normalized spacial score (nSPS) is 10.9. The predicted octanol–water partition coefficient (Wildman–Crippen LogP) is 3.80. The van der Waals surface area contributed by atoms with Gasteiger partial charge in [0.25, 0.3) is 0 Å². The van der Waals surface area contributed by atoms with Crippen LogP contribution in [0.25, 0.3) is 11.0 Å². The molecule has 1 heterocycles. The average molecular weight is 265 g/mol. The molecule has 102 valence electrons. The van der Waals surface area contributed by atoms with Crippen molar-refractivity contribution in [1.29, 1.82) is 0 Å². The molecule has 0 aliphatic heterocycles. The maximum Gasteiger partial charge on any atom is 0.128 e. The van der Waals surface area contributed by atoms with E-state index in [2.05, 4.69) is 66.1 Å². The molecule has 20 heavy (non-hydrogen) atoms. The lowest BCUT2D eigenvalue weighted by atomic mass is 10.1. The zero-order valence-electron chi connectivity index (χ0n) is 12.1. The number of benzene rings is 2. The molecule has 3 nitrogen and oxygen atoms in total. The van der Waals surface area contributed by atoms with Gasteiger partial charge in [-0.1, -0.05) is 24.3 Å². The Hall–Kier alpha value is -2.29. The first-order valence-corrected chi connectivity index (χ1v) is 6.87. The Morgan fingerprint density at radius 1 is 1.05 bits per heavy atom. The van der Waals surface area contributed by atoms with E-state index in [0.29, 0.717) is 0 Å². The SMILES string of the molecule is Cc1cccc(NCc2nc3ccccc3n2C)c1C. The Balaban J connectivity index is 1.87. The lowest BCUT2D eigenvalue weighted by molar-refractivity contribution is 0.834. The van der Waals surface area contributed by atoms with Crippen molar-refractivity contribution in [2.45, 2.75) is 20.4 Å². The number of aryl methyl sites for hydroxylation is 2. The minimum absolute atomic E-state index is 0.732. The largest absolute Gasteiger partial charge is 0.378 e. The van der Waals surface area contributed by atoms with Gasteiger partial charge in [-0.25, -0.2) is 4.98 Å². The van der Waals surface area contributed by atoms with Gasteiger partial charge in [0.05, 0.1) is 17.6 Å². The smallest absolute Gasteiger partial charge is 0.128 e. The minimum atomic E-state index is 0.732. The second-order valence-corrected chi connectivity index (χ2v) is 5.18. The summed E-state index contributed by atoms with van der Waals surface area (Å²) in [5, 5.41) is 3.49.